The molecule has 122 valence electrons. The number of ether oxygens (including phenoxy) is 1. The Hall–Kier alpha value is -1.95. The third kappa shape index (κ3) is 4.80. The molecule has 0 bridgehead atoms. The Balaban J connectivity index is 2.92. The van der Waals surface area contributed by atoms with Crippen molar-refractivity contribution in [2.24, 2.45) is 0 Å². The summed E-state index contributed by atoms with van der Waals surface area (Å²) in [6, 6.07) is 2.93. The van der Waals surface area contributed by atoms with Crippen LogP contribution in [0.25, 0.3) is 0 Å². The van der Waals surface area contributed by atoms with Gasteiger partial charge in [0.25, 0.3) is 5.91 Å². The van der Waals surface area contributed by atoms with Gasteiger partial charge in [0.1, 0.15) is 5.75 Å². The van der Waals surface area contributed by atoms with Crippen LogP contribution in [0.2, 0.25) is 5.02 Å². The number of hydrogen-bond donors (Lipinski definition) is 2. The number of benzene rings is 1. The highest BCUT2D eigenvalue weighted by atomic mass is 35.5. The quantitative estimate of drug-likeness (QED) is 0.827. The van der Waals surface area contributed by atoms with Gasteiger partial charge in [0, 0.05) is 18.7 Å². The van der Waals surface area contributed by atoms with Crippen molar-refractivity contribution in [1.82, 2.24) is 10.2 Å². The van der Waals surface area contributed by atoms with Crippen LogP contribution in [0.1, 0.15) is 31.1 Å². The Morgan fingerprint density at radius 1 is 1.36 bits per heavy atom. The number of halogens is 1. The van der Waals surface area contributed by atoms with Gasteiger partial charge in [0.2, 0.25) is 5.91 Å². The first-order valence-corrected chi connectivity index (χ1v) is 7.12. The largest absolute Gasteiger partial charge is 0.496 e. The van der Waals surface area contributed by atoms with E-state index in [2.05, 4.69) is 5.32 Å². The molecule has 0 saturated heterocycles. The number of nitrogens with two attached hydrogens (primary N) is 1. The lowest BCUT2D eigenvalue weighted by atomic mass is 10.1. The molecule has 22 heavy (non-hydrogen) atoms. The number of carbonyl (C=O) groups is 2. The number of amides is 2. The van der Waals surface area contributed by atoms with Crippen LogP contribution in [0.15, 0.2) is 12.1 Å². The van der Waals surface area contributed by atoms with E-state index in [-0.39, 0.29) is 34.5 Å². The molecule has 0 radical (unpaired) electrons. The van der Waals surface area contributed by atoms with Crippen molar-refractivity contribution in [2.75, 3.05) is 26.4 Å². The monoisotopic (exact) mass is 327 g/mol. The molecule has 0 aromatic heterocycles. The van der Waals surface area contributed by atoms with Crippen molar-refractivity contribution >= 4 is 29.1 Å². The van der Waals surface area contributed by atoms with Gasteiger partial charge in [0.05, 0.1) is 29.9 Å². The van der Waals surface area contributed by atoms with Gasteiger partial charge in [0.15, 0.2) is 0 Å². The molecule has 0 saturated carbocycles. The topological polar surface area (TPSA) is 84.7 Å². The van der Waals surface area contributed by atoms with E-state index in [0.29, 0.717) is 11.4 Å². The van der Waals surface area contributed by atoms with Crippen LogP contribution >= 0.6 is 11.6 Å². The molecule has 0 spiro atoms. The Morgan fingerprint density at radius 2 is 1.95 bits per heavy atom. The molecular weight excluding hydrogens is 306 g/mol. The van der Waals surface area contributed by atoms with Crippen molar-refractivity contribution in [3.8, 4) is 5.75 Å². The van der Waals surface area contributed by atoms with E-state index in [4.69, 9.17) is 22.1 Å². The summed E-state index contributed by atoms with van der Waals surface area (Å²) in [5.74, 6) is -0.304. The normalized spacial score (nSPS) is 11.0. The Morgan fingerprint density at radius 3 is 2.45 bits per heavy atom. The van der Waals surface area contributed by atoms with Crippen LogP contribution in [0.3, 0.4) is 0 Å². The predicted molar refractivity (Wildman–Crippen MR) is 87.3 cm³/mol. The number of nitrogens with zero attached hydrogens (tertiary/aromatic N) is 1. The number of hydrogen-bond acceptors (Lipinski definition) is 4. The number of nitrogens with one attached hydrogen (secondary N) is 1. The molecular formula is C15H22ClN3O3. The summed E-state index contributed by atoms with van der Waals surface area (Å²) in [5.41, 5.74) is 5.91. The highest BCUT2D eigenvalue weighted by molar-refractivity contribution is 6.33. The maximum absolute atomic E-state index is 12.5. The first-order valence-electron chi connectivity index (χ1n) is 6.74. The SMILES string of the molecule is COc1cc(N)c(Cl)cc1C(=O)N(C)CC(=O)NC(C)(C)C. The summed E-state index contributed by atoms with van der Waals surface area (Å²) >= 11 is 5.95. The predicted octanol–water partition coefficient (Wildman–Crippen LogP) is 1.92. The van der Waals surface area contributed by atoms with E-state index < -0.39 is 0 Å². The molecule has 1 aromatic carbocycles. The number of likely N-dealkylation sites (N-methyl/N-ethyl adjacent to an activating group) is 1. The summed E-state index contributed by atoms with van der Waals surface area (Å²) in [6.07, 6.45) is 0. The molecule has 0 aliphatic heterocycles. The summed E-state index contributed by atoms with van der Waals surface area (Å²) in [4.78, 5) is 25.7. The van der Waals surface area contributed by atoms with E-state index in [1.165, 1.54) is 31.2 Å². The smallest absolute Gasteiger partial charge is 0.257 e. The van der Waals surface area contributed by atoms with Gasteiger partial charge < -0.3 is 20.7 Å². The van der Waals surface area contributed by atoms with E-state index in [9.17, 15) is 9.59 Å². The Labute approximate surface area is 135 Å². The summed E-state index contributed by atoms with van der Waals surface area (Å²) in [7, 11) is 2.97. The van der Waals surface area contributed by atoms with E-state index >= 15 is 0 Å². The number of methoxy groups -OCH3 is 1. The molecule has 2 amide bonds. The van der Waals surface area contributed by atoms with Crippen molar-refractivity contribution in [1.29, 1.82) is 0 Å². The van der Waals surface area contributed by atoms with Crippen LogP contribution in [0.4, 0.5) is 5.69 Å². The number of carbonyl (C=O) groups excluding carboxylic acids is 2. The fourth-order valence-electron chi connectivity index (χ4n) is 1.86. The zero-order chi connectivity index (χ0) is 17.1. The minimum absolute atomic E-state index is 0.0682. The van der Waals surface area contributed by atoms with Crippen molar-refractivity contribution in [3.05, 3.63) is 22.7 Å². The van der Waals surface area contributed by atoms with Gasteiger partial charge in [-0.1, -0.05) is 11.6 Å². The molecule has 0 atom stereocenters. The molecule has 1 rings (SSSR count). The maximum atomic E-state index is 12.5. The van der Waals surface area contributed by atoms with Crippen molar-refractivity contribution in [2.45, 2.75) is 26.3 Å². The highest BCUT2D eigenvalue weighted by Gasteiger charge is 2.22. The average Bonchev–Trinajstić information content (AvgIpc) is 2.38. The lowest BCUT2D eigenvalue weighted by Crippen LogP contribution is -2.46. The molecule has 3 N–H and O–H groups in total. The van der Waals surface area contributed by atoms with E-state index in [0.717, 1.165) is 0 Å². The molecule has 0 aliphatic rings. The highest BCUT2D eigenvalue weighted by Crippen LogP contribution is 2.29. The van der Waals surface area contributed by atoms with Crippen molar-refractivity contribution in [3.63, 3.8) is 0 Å². The zero-order valence-electron chi connectivity index (χ0n) is 13.5. The Bertz CT molecular complexity index is 582. The lowest BCUT2D eigenvalue weighted by molar-refractivity contribution is -0.122. The second-order valence-corrected chi connectivity index (χ2v) is 6.44. The minimum Gasteiger partial charge on any atom is -0.496 e. The van der Waals surface area contributed by atoms with Crippen LogP contribution < -0.4 is 15.8 Å². The molecule has 6 nitrogen and oxygen atoms in total. The first-order chi connectivity index (χ1) is 10.0. The second kappa shape index (κ2) is 6.87. The third-order valence-corrected chi connectivity index (χ3v) is 3.12. The van der Waals surface area contributed by atoms with Gasteiger partial charge in [-0.05, 0) is 26.8 Å². The number of rotatable bonds is 4. The van der Waals surface area contributed by atoms with Crippen LogP contribution in [-0.4, -0.2) is 43.0 Å². The minimum atomic E-state index is -0.372. The number of nitrogen functional groups attached to an aromatic ring is 1. The molecule has 0 unspecified atom stereocenters. The van der Waals surface area contributed by atoms with Gasteiger partial charge in [-0.15, -0.1) is 0 Å². The van der Waals surface area contributed by atoms with Crippen LogP contribution in [0.5, 0.6) is 5.75 Å². The van der Waals surface area contributed by atoms with E-state index in [1.54, 1.807) is 0 Å². The molecule has 1 aromatic rings. The fraction of sp³-hybridized carbons (Fsp3) is 0.467. The average molecular weight is 328 g/mol. The standard InChI is InChI=1S/C15H22ClN3O3/c1-15(2,3)18-13(20)8-19(4)14(21)9-6-10(16)11(17)7-12(9)22-5/h6-7H,8,17H2,1-5H3,(H,18,20). The van der Waals surface area contributed by atoms with Gasteiger partial charge in [-0.2, -0.15) is 0 Å². The first kappa shape index (κ1) is 18.1. The summed E-state index contributed by atoms with van der Waals surface area (Å²) in [6.45, 7) is 5.54. The third-order valence-electron chi connectivity index (χ3n) is 2.79. The fourth-order valence-corrected chi connectivity index (χ4v) is 2.02. The van der Waals surface area contributed by atoms with Crippen LogP contribution in [-0.2, 0) is 4.79 Å². The molecule has 0 fully saturated rings. The molecule has 0 aliphatic carbocycles. The van der Waals surface area contributed by atoms with Gasteiger partial charge >= 0.3 is 0 Å². The van der Waals surface area contributed by atoms with Crippen molar-refractivity contribution < 1.29 is 14.3 Å². The van der Waals surface area contributed by atoms with Crippen LogP contribution in [0, 0.1) is 0 Å². The van der Waals surface area contributed by atoms with E-state index in [1.807, 2.05) is 20.8 Å². The maximum Gasteiger partial charge on any atom is 0.257 e. The second-order valence-electron chi connectivity index (χ2n) is 6.03. The molecule has 7 heteroatoms. The number of anilines is 1. The summed E-state index contributed by atoms with van der Waals surface area (Å²) < 4.78 is 5.15. The summed E-state index contributed by atoms with van der Waals surface area (Å²) in [5, 5.41) is 3.06. The van der Waals surface area contributed by atoms with Gasteiger partial charge in [-0.3, -0.25) is 9.59 Å². The lowest BCUT2D eigenvalue weighted by Gasteiger charge is -2.24. The van der Waals surface area contributed by atoms with Gasteiger partial charge in [-0.25, -0.2) is 0 Å². The Kier molecular flexibility index (Phi) is 5.65. The zero-order valence-corrected chi connectivity index (χ0v) is 14.2. The molecule has 0 heterocycles.